The summed E-state index contributed by atoms with van der Waals surface area (Å²) < 4.78 is 5.75. The van der Waals surface area contributed by atoms with E-state index in [0.717, 1.165) is 24.0 Å². The smallest absolute Gasteiger partial charge is 0.247 e. The van der Waals surface area contributed by atoms with Crippen LogP contribution in [0.25, 0.3) is 17.5 Å². The molecule has 1 fully saturated rings. The molecule has 0 bridgehead atoms. The first-order valence-corrected chi connectivity index (χ1v) is 9.66. The first-order chi connectivity index (χ1) is 13.6. The van der Waals surface area contributed by atoms with Gasteiger partial charge in [0.25, 0.3) is 0 Å². The third-order valence-corrected chi connectivity index (χ3v) is 4.89. The van der Waals surface area contributed by atoms with Crippen LogP contribution in [0.15, 0.2) is 59.0 Å². The third-order valence-electron chi connectivity index (χ3n) is 4.40. The highest BCUT2D eigenvalue weighted by atomic mass is 35.5. The van der Waals surface area contributed by atoms with E-state index in [1.54, 1.807) is 35.3 Å². The summed E-state index contributed by atoms with van der Waals surface area (Å²) in [5, 5.41) is 9.45. The number of carbonyl (C=O) groups is 1. The molecule has 0 radical (unpaired) electrons. The van der Waals surface area contributed by atoms with Gasteiger partial charge in [-0.2, -0.15) is 0 Å². The molecule has 3 aromatic rings. The van der Waals surface area contributed by atoms with E-state index in [1.807, 2.05) is 30.3 Å². The number of aromatic nitrogens is 2. The van der Waals surface area contributed by atoms with Crippen LogP contribution in [0.1, 0.15) is 24.3 Å². The Kier molecular flexibility index (Phi) is 5.46. The number of carbonyl (C=O) groups excluding carboxylic acids is 1. The second kappa shape index (κ2) is 8.17. The van der Waals surface area contributed by atoms with Crippen molar-refractivity contribution >= 4 is 35.2 Å². The van der Waals surface area contributed by atoms with Gasteiger partial charge in [-0.3, -0.25) is 4.79 Å². The topological polar surface area (TPSA) is 59.2 Å². The predicted octanol–water partition coefficient (Wildman–Crippen LogP) is 5.25. The highest BCUT2D eigenvalue weighted by molar-refractivity contribution is 6.31. The average molecular weight is 414 g/mol. The van der Waals surface area contributed by atoms with Gasteiger partial charge in [-0.05, 0) is 60.9 Å². The van der Waals surface area contributed by atoms with Crippen molar-refractivity contribution in [2.45, 2.75) is 25.4 Å². The summed E-state index contributed by atoms with van der Waals surface area (Å²) in [6.07, 6.45) is 5.28. The monoisotopic (exact) mass is 413 g/mol. The first kappa shape index (κ1) is 18.7. The zero-order valence-electron chi connectivity index (χ0n) is 14.9. The summed E-state index contributed by atoms with van der Waals surface area (Å²) in [4.78, 5) is 14.5. The first-order valence-electron chi connectivity index (χ1n) is 8.91. The van der Waals surface area contributed by atoms with Gasteiger partial charge in [0, 0.05) is 27.7 Å². The van der Waals surface area contributed by atoms with Gasteiger partial charge >= 0.3 is 0 Å². The van der Waals surface area contributed by atoms with Crippen LogP contribution < -0.4 is 0 Å². The molecule has 0 N–H and O–H groups in total. The number of amides is 1. The highest BCUT2D eigenvalue weighted by Crippen LogP contribution is 2.29. The van der Waals surface area contributed by atoms with Crippen molar-refractivity contribution in [2.75, 3.05) is 0 Å². The maximum absolute atomic E-state index is 12.7. The van der Waals surface area contributed by atoms with Crippen LogP contribution in [0.3, 0.4) is 0 Å². The molecule has 0 saturated heterocycles. The predicted molar refractivity (Wildman–Crippen MR) is 109 cm³/mol. The van der Waals surface area contributed by atoms with Crippen LogP contribution in [-0.4, -0.2) is 27.0 Å². The fourth-order valence-corrected chi connectivity index (χ4v) is 3.14. The maximum Gasteiger partial charge on any atom is 0.247 e. The lowest BCUT2D eigenvalue weighted by molar-refractivity contribution is -0.127. The van der Waals surface area contributed by atoms with Crippen molar-refractivity contribution in [3.63, 3.8) is 0 Å². The summed E-state index contributed by atoms with van der Waals surface area (Å²) >= 11 is 11.9. The Morgan fingerprint density at radius 3 is 2.61 bits per heavy atom. The number of hydrogen-bond donors (Lipinski definition) is 0. The van der Waals surface area contributed by atoms with E-state index in [-0.39, 0.29) is 18.5 Å². The highest BCUT2D eigenvalue weighted by Gasteiger charge is 2.32. The van der Waals surface area contributed by atoms with E-state index in [4.69, 9.17) is 27.6 Å². The van der Waals surface area contributed by atoms with Gasteiger partial charge in [0.15, 0.2) is 0 Å². The summed E-state index contributed by atoms with van der Waals surface area (Å²) in [7, 11) is 0. The molecule has 4 rings (SSSR count). The minimum absolute atomic E-state index is 0.0891. The Morgan fingerprint density at radius 2 is 1.89 bits per heavy atom. The Hall–Kier alpha value is -2.63. The van der Waals surface area contributed by atoms with Gasteiger partial charge in [-0.1, -0.05) is 35.3 Å². The molecule has 28 heavy (non-hydrogen) atoms. The van der Waals surface area contributed by atoms with Gasteiger partial charge in [-0.15, -0.1) is 10.2 Å². The molecule has 5 nitrogen and oxygen atoms in total. The Bertz CT molecular complexity index is 1010. The Labute approximate surface area is 172 Å². The summed E-state index contributed by atoms with van der Waals surface area (Å²) in [6.45, 7) is 0.282. The summed E-state index contributed by atoms with van der Waals surface area (Å²) in [5.74, 6) is 0.722. The van der Waals surface area contributed by atoms with Crippen molar-refractivity contribution in [1.82, 2.24) is 15.1 Å². The lowest BCUT2D eigenvalue weighted by Gasteiger charge is -2.18. The fourth-order valence-electron chi connectivity index (χ4n) is 2.82. The Balaban J connectivity index is 1.47. The molecule has 1 aromatic heterocycles. The van der Waals surface area contributed by atoms with E-state index in [9.17, 15) is 4.79 Å². The summed E-state index contributed by atoms with van der Waals surface area (Å²) in [6, 6.07) is 14.7. The molecule has 0 unspecified atom stereocenters. The molecule has 1 heterocycles. The van der Waals surface area contributed by atoms with Crippen LogP contribution in [-0.2, 0) is 11.3 Å². The number of rotatable bonds is 6. The molecule has 1 saturated carbocycles. The molecule has 0 atom stereocenters. The van der Waals surface area contributed by atoms with Gasteiger partial charge in [-0.25, -0.2) is 0 Å². The van der Waals surface area contributed by atoms with Crippen molar-refractivity contribution in [3.05, 3.63) is 76.1 Å². The number of benzene rings is 2. The van der Waals surface area contributed by atoms with Crippen molar-refractivity contribution in [2.24, 2.45) is 0 Å². The lowest BCUT2D eigenvalue weighted by Crippen LogP contribution is -2.31. The van der Waals surface area contributed by atoms with Gasteiger partial charge < -0.3 is 9.32 Å². The molecular formula is C21H17Cl2N3O2. The van der Waals surface area contributed by atoms with E-state index in [2.05, 4.69) is 10.2 Å². The zero-order chi connectivity index (χ0) is 19.5. The summed E-state index contributed by atoms with van der Waals surface area (Å²) in [5.41, 5.74) is 1.66. The fraction of sp³-hybridized carbons (Fsp3) is 0.190. The van der Waals surface area contributed by atoms with Crippen LogP contribution in [0.5, 0.6) is 0 Å². The second-order valence-corrected chi connectivity index (χ2v) is 7.47. The molecule has 0 spiro atoms. The third kappa shape index (κ3) is 4.61. The van der Waals surface area contributed by atoms with E-state index >= 15 is 0 Å². The maximum atomic E-state index is 12.7. The molecule has 0 aliphatic heterocycles. The van der Waals surface area contributed by atoms with Crippen LogP contribution in [0.2, 0.25) is 10.0 Å². The SMILES string of the molecule is O=C(/C=C/c1cccc(Cl)c1)N(Cc1nnc(-c2ccc(Cl)cc2)o1)C1CC1. The number of hydrogen-bond acceptors (Lipinski definition) is 4. The normalized spacial score (nSPS) is 13.8. The zero-order valence-corrected chi connectivity index (χ0v) is 16.4. The van der Waals surface area contributed by atoms with Crippen LogP contribution in [0.4, 0.5) is 0 Å². The van der Waals surface area contributed by atoms with Gasteiger partial charge in [0.1, 0.15) is 0 Å². The molecule has 142 valence electrons. The van der Waals surface area contributed by atoms with Gasteiger partial charge in [0.2, 0.25) is 17.7 Å². The molecule has 2 aromatic carbocycles. The van der Waals surface area contributed by atoms with E-state index in [1.165, 1.54) is 0 Å². The molecule has 7 heteroatoms. The molecule has 1 aliphatic carbocycles. The van der Waals surface area contributed by atoms with Crippen molar-refractivity contribution in [3.8, 4) is 11.5 Å². The second-order valence-electron chi connectivity index (χ2n) is 6.59. The minimum Gasteiger partial charge on any atom is -0.419 e. The van der Waals surface area contributed by atoms with Crippen molar-refractivity contribution in [1.29, 1.82) is 0 Å². The molecule has 1 aliphatic rings. The van der Waals surface area contributed by atoms with Crippen molar-refractivity contribution < 1.29 is 9.21 Å². The number of nitrogens with zero attached hydrogens (tertiary/aromatic N) is 3. The van der Waals surface area contributed by atoms with Crippen LogP contribution >= 0.6 is 23.2 Å². The van der Waals surface area contributed by atoms with E-state index in [0.29, 0.717) is 21.8 Å². The Morgan fingerprint density at radius 1 is 1.11 bits per heavy atom. The van der Waals surface area contributed by atoms with E-state index < -0.39 is 0 Å². The standard InChI is InChI=1S/C21H17Cl2N3O2/c22-16-7-5-15(6-8-16)21-25-24-19(28-21)13-26(18-9-10-18)20(27)11-4-14-2-1-3-17(23)12-14/h1-8,11-12,18H,9-10,13H2/b11-4+. The number of halogens is 2. The van der Waals surface area contributed by atoms with Gasteiger partial charge in [0.05, 0.1) is 6.54 Å². The van der Waals surface area contributed by atoms with Crippen LogP contribution in [0, 0.1) is 0 Å². The quantitative estimate of drug-likeness (QED) is 0.517. The lowest BCUT2D eigenvalue weighted by atomic mass is 10.2. The molecular weight excluding hydrogens is 397 g/mol. The minimum atomic E-state index is -0.0891. The average Bonchev–Trinajstić information content (AvgIpc) is 3.43. The largest absolute Gasteiger partial charge is 0.419 e. The molecule has 1 amide bonds.